The van der Waals surface area contributed by atoms with Crippen LogP contribution in [0.5, 0.6) is 11.5 Å². The van der Waals surface area contributed by atoms with E-state index >= 15 is 0 Å². The van der Waals surface area contributed by atoms with Gasteiger partial charge in [-0.05, 0) is 0 Å². The lowest BCUT2D eigenvalue weighted by molar-refractivity contribution is -0.134. The molecule has 0 amide bonds. The van der Waals surface area contributed by atoms with Crippen LogP contribution in [0.1, 0.15) is 13.3 Å². The van der Waals surface area contributed by atoms with Crippen molar-refractivity contribution in [3.63, 3.8) is 0 Å². The van der Waals surface area contributed by atoms with Gasteiger partial charge in [0.25, 0.3) is 6.47 Å². The van der Waals surface area contributed by atoms with Crippen LogP contribution in [0.4, 0.5) is 0 Å². The van der Waals surface area contributed by atoms with Gasteiger partial charge in [0.05, 0.1) is 0 Å². The predicted octanol–water partition coefficient (Wildman–Crippen LogP) is 1.13. The number of esters is 1. The molecule has 5 nitrogen and oxygen atoms in total. The SMILES string of the molecule is CCC(=O)Oc1cocc1OC=O. The molecule has 13 heavy (non-hydrogen) atoms. The van der Waals surface area contributed by atoms with E-state index in [1.165, 1.54) is 12.5 Å². The zero-order valence-corrected chi connectivity index (χ0v) is 6.98. The van der Waals surface area contributed by atoms with Gasteiger partial charge in [0.15, 0.2) is 0 Å². The second kappa shape index (κ2) is 4.30. The average molecular weight is 184 g/mol. The molecule has 0 saturated carbocycles. The smallest absolute Gasteiger partial charge is 0.311 e. The van der Waals surface area contributed by atoms with Crippen molar-refractivity contribution >= 4 is 12.4 Å². The minimum absolute atomic E-state index is 0.0943. The minimum Gasteiger partial charge on any atom is -0.465 e. The Morgan fingerprint density at radius 3 is 2.85 bits per heavy atom. The molecule has 0 radical (unpaired) electrons. The van der Waals surface area contributed by atoms with Gasteiger partial charge < -0.3 is 13.9 Å². The number of hydrogen-bond acceptors (Lipinski definition) is 5. The van der Waals surface area contributed by atoms with Gasteiger partial charge in [0.2, 0.25) is 11.5 Å². The van der Waals surface area contributed by atoms with Gasteiger partial charge in [-0.1, -0.05) is 6.92 Å². The van der Waals surface area contributed by atoms with Crippen molar-refractivity contribution in [2.45, 2.75) is 13.3 Å². The zero-order chi connectivity index (χ0) is 9.68. The van der Waals surface area contributed by atoms with E-state index in [2.05, 4.69) is 9.15 Å². The summed E-state index contributed by atoms with van der Waals surface area (Å²) in [5, 5.41) is 0. The molecule has 0 spiro atoms. The molecule has 0 N–H and O–H groups in total. The van der Waals surface area contributed by atoms with E-state index < -0.39 is 5.97 Å². The topological polar surface area (TPSA) is 65.7 Å². The molecule has 0 unspecified atom stereocenters. The van der Waals surface area contributed by atoms with Crippen LogP contribution in [-0.4, -0.2) is 12.4 Å². The highest BCUT2D eigenvalue weighted by molar-refractivity contribution is 5.72. The molecular weight excluding hydrogens is 176 g/mol. The van der Waals surface area contributed by atoms with Crippen LogP contribution in [-0.2, 0) is 9.59 Å². The number of carbonyl (C=O) groups excluding carboxylic acids is 2. The first-order chi connectivity index (χ1) is 6.27. The highest BCUT2D eigenvalue weighted by Crippen LogP contribution is 2.27. The second-order valence-corrected chi connectivity index (χ2v) is 2.14. The molecule has 0 bridgehead atoms. The Morgan fingerprint density at radius 1 is 1.54 bits per heavy atom. The fraction of sp³-hybridized carbons (Fsp3) is 0.250. The van der Waals surface area contributed by atoms with Crippen molar-refractivity contribution in [2.75, 3.05) is 0 Å². The first-order valence-corrected chi connectivity index (χ1v) is 3.65. The Hall–Kier alpha value is -1.78. The van der Waals surface area contributed by atoms with Crippen molar-refractivity contribution in [2.24, 2.45) is 0 Å². The van der Waals surface area contributed by atoms with E-state index in [4.69, 9.17) is 4.74 Å². The highest BCUT2D eigenvalue weighted by Gasteiger charge is 2.11. The normalized spacial score (nSPS) is 9.31. The second-order valence-electron chi connectivity index (χ2n) is 2.14. The Balaban J connectivity index is 2.69. The summed E-state index contributed by atoms with van der Waals surface area (Å²) in [4.78, 5) is 20.8. The van der Waals surface area contributed by atoms with E-state index in [0.29, 0.717) is 0 Å². The molecule has 1 aromatic rings. The summed E-state index contributed by atoms with van der Waals surface area (Å²) in [6.45, 7) is 1.89. The van der Waals surface area contributed by atoms with Crippen LogP contribution in [0.15, 0.2) is 16.9 Å². The number of furan rings is 1. The molecule has 0 saturated heterocycles. The summed E-state index contributed by atoms with van der Waals surface area (Å²) in [5.74, 6) is -0.215. The van der Waals surface area contributed by atoms with Gasteiger partial charge in [0, 0.05) is 6.42 Å². The number of ether oxygens (including phenoxy) is 2. The standard InChI is InChI=1S/C8H8O5/c1-2-8(10)13-7-4-11-3-6(7)12-5-9/h3-5H,2H2,1H3. The zero-order valence-electron chi connectivity index (χ0n) is 6.98. The maximum Gasteiger partial charge on any atom is 0.311 e. The van der Waals surface area contributed by atoms with Crippen molar-refractivity contribution in [1.82, 2.24) is 0 Å². The Bertz CT molecular complexity index is 301. The summed E-state index contributed by atoms with van der Waals surface area (Å²) in [7, 11) is 0. The van der Waals surface area contributed by atoms with Gasteiger partial charge >= 0.3 is 5.97 Å². The van der Waals surface area contributed by atoms with Crippen LogP contribution in [0.2, 0.25) is 0 Å². The Morgan fingerprint density at radius 2 is 2.23 bits per heavy atom. The van der Waals surface area contributed by atoms with Crippen molar-refractivity contribution in [3.05, 3.63) is 12.5 Å². The first kappa shape index (κ1) is 9.31. The van der Waals surface area contributed by atoms with Gasteiger partial charge in [-0.3, -0.25) is 9.59 Å². The van der Waals surface area contributed by atoms with E-state index in [0.717, 1.165) is 0 Å². The van der Waals surface area contributed by atoms with E-state index in [9.17, 15) is 9.59 Å². The van der Waals surface area contributed by atoms with Crippen LogP contribution >= 0.6 is 0 Å². The molecule has 70 valence electrons. The number of hydrogen-bond donors (Lipinski definition) is 0. The van der Waals surface area contributed by atoms with E-state index in [-0.39, 0.29) is 24.4 Å². The molecule has 5 heteroatoms. The molecular formula is C8H8O5. The lowest BCUT2D eigenvalue weighted by Gasteiger charge is -1.99. The number of carbonyl (C=O) groups is 2. The molecule has 0 aromatic carbocycles. The van der Waals surface area contributed by atoms with E-state index in [1.807, 2.05) is 0 Å². The Labute approximate surface area is 74.2 Å². The van der Waals surface area contributed by atoms with Crippen molar-refractivity contribution in [3.8, 4) is 11.5 Å². The van der Waals surface area contributed by atoms with Crippen molar-refractivity contribution < 1.29 is 23.5 Å². The van der Waals surface area contributed by atoms with Crippen LogP contribution < -0.4 is 9.47 Å². The third-order valence-electron chi connectivity index (χ3n) is 1.28. The summed E-state index contributed by atoms with van der Waals surface area (Å²) in [6, 6.07) is 0. The minimum atomic E-state index is -0.419. The van der Waals surface area contributed by atoms with Crippen LogP contribution in [0.25, 0.3) is 0 Å². The molecule has 1 heterocycles. The first-order valence-electron chi connectivity index (χ1n) is 3.65. The third kappa shape index (κ3) is 2.33. The molecule has 0 atom stereocenters. The molecule has 1 rings (SSSR count). The predicted molar refractivity (Wildman–Crippen MR) is 41.3 cm³/mol. The monoisotopic (exact) mass is 184 g/mol. The summed E-state index contributed by atoms with van der Waals surface area (Å²) >= 11 is 0. The van der Waals surface area contributed by atoms with Gasteiger partial charge in [-0.25, -0.2) is 0 Å². The molecule has 0 aliphatic heterocycles. The molecule has 1 aromatic heterocycles. The fourth-order valence-electron chi connectivity index (χ4n) is 0.681. The lowest BCUT2D eigenvalue weighted by atomic mass is 10.5. The fourth-order valence-corrected chi connectivity index (χ4v) is 0.681. The number of rotatable bonds is 4. The maximum absolute atomic E-state index is 10.8. The highest BCUT2D eigenvalue weighted by atomic mass is 16.6. The van der Waals surface area contributed by atoms with Crippen molar-refractivity contribution in [1.29, 1.82) is 0 Å². The van der Waals surface area contributed by atoms with Gasteiger partial charge in [-0.2, -0.15) is 0 Å². The molecule has 0 aliphatic rings. The van der Waals surface area contributed by atoms with E-state index in [1.54, 1.807) is 6.92 Å². The lowest BCUT2D eigenvalue weighted by Crippen LogP contribution is -2.05. The Kier molecular flexibility index (Phi) is 3.08. The summed E-state index contributed by atoms with van der Waals surface area (Å²) in [6.07, 6.45) is 2.60. The quantitative estimate of drug-likeness (QED) is 0.518. The maximum atomic E-state index is 10.8. The van der Waals surface area contributed by atoms with Crippen LogP contribution in [0.3, 0.4) is 0 Å². The van der Waals surface area contributed by atoms with Gasteiger partial charge in [0.1, 0.15) is 12.5 Å². The average Bonchev–Trinajstić information content (AvgIpc) is 2.54. The van der Waals surface area contributed by atoms with Gasteiger partial charge in [-0.15, -0.1) is 0 Å². The molecule has 0 aliphatic carbocycles. The molecule has 0 fully saturated rings. The summed E-state index contributed by atoms with van der Waals surface area (Å²) in [5.41, 5.74) is 0. The van der Waals surface area contributed by atoms with Crippen LogP contribution in [0, 0.1) is 0 Å². The largest absolute Gasteiger partial charge is 0.465 e. The summed E-state index contributed by atoms with van der Waals surface area (Å²) < 4.78 is 13.9. The third-order valence-corrected chi connectivity index (χ3v) is 1.28.